The lowest BCUT2D eigenvalue weighted by molar-refractivity contribution is 0.0940. The third-order valence-electron chi connectivity index (χ3n) is 5.34. The van der Waals surface area contributed by atoms with Crippen LogP contribution in [0.4, 0.5) is 0 Å². The monoisotopic (exact) mass is 280 g/mol. The molecule has 0 saturated heterocycles. The standard InChI is InChI=1S/C18H36N2/c1-4-7-15-10-11-17(19-12-5-2)18(13-15)20(6-3)14-16-8-9-16/h15-19H,4-14H2,1-3H3. The van der Waals surface area contributed by atoms with E-state index in [4.69, 9.17) is 0 Å². The van der Waals surface area contributed by atoms with Gasteiger partial charge in [-0.3, -0.25) is 4.90 Å². The second-order valence-corrected chi connectivity index (χ2v) is 7.13. The summed E-state index contributed by atoms with van der Waals surface area (Å²) in [6.45, 7) is 10.8. The van der Waals surface area contributed by atoms with Crippen molar-refractivity contribution < 1.29 is 0 Å². The van der Waals surface area contributed by atoms with Crippen LogP contribution < -0.4 is 5.32 Å². The molecule has 2 fully saturated rings. The largest absolute Gasteiger partial charge is 0.312 e. The molecule has 0 amide bonds. The minimum Gasteiger partial charge on any atom is -0.312 e. The van der Waals surface area contributed by atoms with Gasteiger partial charge in [0.05, 0.1) is 0 Å². The van der Waals surface area contributed by atoms with Crippen molar-refractivity contribution in [1.29, 1.82) is 0 Å². The highest BCUT2D eigenvalue weighted by Gasteiger charge is 2.35. The molecular weight excluding hydrogens is 244 g/mol. The van der Waals surface area contributed by atoms with Gasteiger partial charge in [-0.05, 0) is 63.5 Å². The Bertz CT molecular complexity index is 262. The normalized spacial score (nSPS) is 30.9. The zero-order valence-corrected chi connectivity index (χ0v) is 14.0. The van der Waals surface area contributed by atoms with Crippen molar-refractivity contribution in [3.05, 3.63) is 0 Å². The van der Waals surface area contributed by atoms with Crippen LogP contribution in [0.3, 0.4) is 0 Å². The third kappa shape index (κ3) is 4.73. The Labute approximate surface area is 126 Å². The van der Waals surface area contributed by atoms with E-state index in [0.29, 0.717) is 0 Å². The molecule has 0 aliphatic heterocycles. The van der Waals surface area contributed by atoms with Crippen molar-refractivity contribution in [2.45, 2.75) is 84.2 Å². The average Bonchev–Trinajstić information content (AvgIpc) is 3.28. The number of rotatable bonds is 9. The molecular formula is C18H36N2. The molecule has 3 unspecified atom stereocenters. The fourth-order valence-corrected chi connectivity index (χ4v) is 4.00. The molecule has 0 bridgehead atoms. The molecule has 2 rings (SSSR count). The Balaban J connectivity index is 1.94. The minimum atomic E-state index is 0.752. The number of nitrogens with one attached hydrogen (secondary N) is 1. The van der Waals surface area contributed by atoms with Crippen molar-refractivity contribution in [3.63, 3.8) is 0 Å². The zero-order valence-electron chi connectivity index (χ0n) is 14.0. The molecule has 1 N–H and O–H groups in total. The maximum Gasteiger partial charge on any atom is 0.0251 e. The summed E-state index contributed by atoms with van der Waals surface area (Å²) in [6, 6.07) is 1.55. The van der Waals surface area contributed by atoms with Crippen LogP contribution in [0.5, 0.6) is 0 Å². The summed E-state index contributed by atoms with van der Waals surface area (Å²) in [5.41, 5.74) is 0. The van der Waals surface area contributed by atoms with Crippen molar-refractivity contribution in [1.82, 2.24) is 10.2 Å². The van der Waals surface area contributed by atoms with Crippen LogP contribution in [0, 0.1) is 11.8 Å². The van der Waals surface area contributed by atoms with E-state index in [0.717, 1.165) is 23.9 Å². The Kier molecular flexibility index (Phi) is 6.83. The quantitative estimate of drug-likeness (QED) is 0.685. The van der Waals surface area contributed by atoms with E-state index in [1.165, 1.54) is 71.0 Å². The number of likely N-dealkylation sites (N-methyl/N-ethyl adjacent to an activating group) is 1. The number of hydrogen-bond acceptors (Lipinski definition) is 2. The Morgan fingerprint density at radius 3 is 2.30 bits per heavy atom. The van der Waals surface area contributed by atoms with Crippen LogP contribution >= 0.6 is 0 Å². The second kappa shape index (κ2) is 8.38. The average molecular weight is 280 g/mol. The summed E-state index contributed by atoms with van der Waals surface area (Å²) in [5, 5.41) is 3.85. The summed E-state index contributed by atoms with van der Waals surface area (Å²) < 4.78 is 0. The first kappa shape index (κ1) is 16.3. The van der Waals surface area contributed by atoms with Gasteiger partial charge in [0.15, 0.2) is 0 Å². The Morgan fingerprint density at radius 2 is 1.70 bits per heavy atom. The lowest BCUT2D eigenvalue weighted by Crippen LogP contribution is -2.54. The first-order valence-corrected chi connectivity index (χ1v) is 9.25. The van der Waals surface area contributed by atoms with Crippen LogP contribution in [-0.4, -0.2) is 36.6 Å². The molecule has 0 aromatic heterocycles. The predicted octanol–water partition coefficient (Wildman–Crippen LogP) is 4.06. The van der Waals surface area contributed by atoms with Gasteiger partial charge in [0.1, 0.15) is 0 Å². The minimum absolute atomic E-state index is 0.752. The first-order chi connectivity index (χ1) is 9.78. The fraction of sp³-hybridized carbons (Fsp3) is 1.00. The van der Waals surface area contributed by atoms with Gasteiger partial charge in [-0.15, -0.1) is 0 Å². The molecule has 0 spiro atoms. The lowest BCUT2D eigenvalue weighted by Gasteiger charge is -2.43. The van der Waals surface area contributed by atoms with E-state index in [1.54, 1.807) is 0 Å². The molecule has 2 aliphatic carbocycles. The molecule has 0 heterocycles. The molecule has 0 aromatic carbocycles. The van der Waals surface area contributed by atoms with Crippen molar-refractivity contribution in [2.75, 3.05) is 19.6 Å². The molecule has 2 nitrogen and oxygen atoms in total. The van der Waals surface area contributed by atoms with E-state index in [2.05, 4.69) is 31.0 Å². The van der Waals surface area contributed by atoms with Gasteiger partial charge < -0.3 is 5.32 Å². The summed E-state index contributed by atoms with van der Waals surface area (Å²) in [7, 11) is 0. The van der Waals surface area contributed by atoms with Crippen LogP contribution in [-0.2, 0) is 0 Å². The molecule has 118 valence electrons. The summed E-state index contributed by atoms with van der Waals surface area (Å²) in [6.07, 6.45) is 11.3. The van der Waals surface area contributed by atoms with Crippen molar-refractivity contribution >= 4 is 0 Å². The van der Waals surface area contributed by atoms with Crippen LogP contribution in [0.15, 0.2) is 0 Å². The maximum absolute atomic E-state index is 3.85. The predicted molar refractivity (Wildman–Crippen MR) is 88.1 cm³/mol. The summed E-state index contributed by atoms with van der Waals surface area (Å²) in [4.78, 5) is 2.81. The Morgan fingerprint density at radius 1 is 0.950 bits per heavy atom. The van der Waals surface area contributed by atoms with Crippen LogP contribution in [0.25, 0.3) is 0 Å². The third-order valence-corrected chi connectivity index (χ3v) is 5.34. The molecule has 0 radical (unpaired) electrons. The smallest absolute Gasteiger partial charge is 0.0251 e. The van der Waals surface area contributed by atoms with E-state index >= 15 is 0 Å². The fourth-order valence-electron chi connectivity index (χ4n) is 4.00. The Hall–Kier alpha value is -0.0800. The number of hydrogen-bond donors (Lipinski definition) is 1. The first-order valence-electron chi connectivity index (χ1n) is 9.25. The summed E-state index contributed by atoms with van der Waals surface area (Å²) >= 11 is 0. The molecule has 0 aromatic rings. The number of nitrogens with zero attached hydrogens (tertiary/aromatic N) is 1. The van der Waals surface area contributed by atoms with E-state index in [1.807, 2.05) is 0 Å². The second-order valence-electron chi connectivity index (χ2n) is 7.13. The van der Waals surface area contributed by atoms with E-state index < -0.39 is 0 Å². The van der Waals surface area contributed by atoms with Crippen LogP contribution in [0.2, 0.25) is 0 Å². The SMILES string of the molecule is CCCNC1CCC(CCC)CC1N(CC)CC1CC1. The molecule has 2 aliphatic rings. The lowest BCUT2D eigenvalue weighted by atomic mass is 9.79. The van der Waals surface area contributed by atoms with Crippen molar-refractivity contribution in [2.24, 2.45) is 11.8 Å². The molecule has 2 saturated carbocycles. The maximum atomic E-state index is 3.85. The highest BCUT2D eigenvalue weighted by Crippen LogP contribution is 2.35. The molecule has 2 heteroatoms. The van der Waals surface area contributed by atoms with Gasteiger partial charge in [-0.25, -0.2) is 0 Å². The van der Waals surface area contributed by atoms with Gasteiger partial charge in [0.25, 0.3) is 0 Å². The molecule has 3 atom stereocenters. The van der Waals surface area contributed by atoms with E-state index in [-0.39, 0.29) is 0 Å². The van der Waals surface area contributed by atoms with Crippen LogP contribution in [0.1, 0.15) is 72.1 Å². The molecule has 20 heavy (non-hydrogen) atoms. The topological polar surface area (TPSA) is 15.3 Å². The highest BCUT2D eigenvalue weighted by molar-refractivity contribution is 4.92. The zero-order chi connectivity index (χ0) is 14.4. The summed E-state index contributed by atoms with van der Waals surface area (Å²) in [5.74, 6) is 2.01. The van der Waals surface area contributed by atoms with Gasteiger partial charge in [0, 0.05) is 18.6 Å². The van der Waals surface area contributed by atoms with Gasteiger partial charge in [-0.2, -0.15) is 0 Å². The highest BCUT2D eigenvalue weighted by atomic mass is 15.2. The van der Waals surface area contributed by atoms with Gasteiger partial charge in [0.2, 0.25) is 0 Å². The van der Waals surface area contributed by atoms with E-state index in [9.17, 15) is 0 Å². The van der Waals surface area contributed by atoms with Gasteiger partial charge in [-0.1, -0.05) is 33.6 Å². The van der Waals surface area contributed by atoms with Gasteiger partial charge >= 0.3 is 0 Å². The van der Waals surface area contributed by atoms with Crippen molar-refractivity contribution in [3.8, 4) is 0 Å².